The molecule has 106 valence electrons. The van der Waals surface area contributed by atoms with Gasteiger partial charge in [0.15, 0.2) is 0 Å². The second kappa shape index (κ2) is 5.61. The van der Waals surface area contributed by atoms with E-state index >= 15 is 0 Å². The Morgan fingerprint density at radius 2 is 1.90 bits per heavy atom. The van der Waals surface area contributed by atoms with Crippen LogP contribution in [0.15, 0.2) is 55.9 Å². The van der Waals surface area contributed by atoms with Crippen LogP contribution in [0.4, 0.5) is 10.3 Å². The summed E-state index contributed by atoms with van der Waals surface area (Å²) in [5, 5.41) is 3.98. The molecule has 1 aromatic heterocycles. The molecule has 3 aromatic rings. The summed E-state index contributed by atoms with van der Waals surface area (Å²) in [4.78, 5) is 0. The largest absolute Gasteiger partial charge is 0.367 e. The summed E-state index contributed by atoms with van der Waals surface area (Å²) >= 11 is 6.82. The molecule has 2 aromatic carbocycles. The summed E-state index contributed by atoms with van der Waals surface area (Å²) in [6.07, 6.45) is 0. The topological polar surface area (TPSA) is 52.0 Å². The lowest BCUT2D eigenvalue weighted by Gasteiger charge is -2.05. The molecule has 3 nitrogen and oxygen atoms in total. The van der Waals surface area contributed by atoms with Crippen molar-refractivity contribution in [2.24, 2.45) is 0 Å². The minimum atomic E-state index is -0.352. The number of benzene rings is 2. The van der Waals surface area contributed by atoms with Crippen LogP contribution in [0, 0.1) is 5.82 Å². The van der Waals surface area contributed by atoms with Gasteiger partial charge in [0.1, 0.15) is 11.5 Å². The molecule has 0 spiro atoms. The van der Waals surface area contributed by atoms with Gasteiger partial charge < -0.3 is 10.3 Å². The van der Waals surface area contributed by atoms with Gasteiger partial charge in [0, 0.05) is 14.5 Å². The monoisotopic (exact) mass is 410 g/mol. The molecule has 0 aliphatic carbocycles. The van der Waals surface area contributed by atoms with Crippen LogP contribution in [-0.4, -0.2) is 5.16 Å². The summed E-state index contributed by atoms with van der Waals surface area (Å²) in [5.74, 6) is -0.158. The van der Waals surface area contributed by atoms with Gasteiger partial charge in [-0.25, -0.2) is 4.39 Å². The van der Waals surface area contributed by atoms with E-state index in [1.165, 1.54) is 12.1 Å². The molecule has 21 heavy (non-hydrogen) atoms. The lowest BCUT2D eigenvalue weighted by Crippen LogP contribution is -1.89. The zero-order valence-corrected chi connectivity index (χ0v) is 13.8. The molecular weight excluding hydrogens is 403 g/mol. The first-order valence-electron chi connectivity index (χ1n) is 6.03. The van der Waals surface area contributed by atoms with Crippen molar-refractivity contribution in [3.05, 3.63) is 57.2 Å². The fraction of sp³-hybridized carbons (Fsp3) is 0. The van der Waals surface area contributed by atoms with E-state index in [0.29, 0.717) is 21.3 Å². The Hall–Kier alpha value is -1.66. The summed E-state index contributed by atoms with van der Waals surface area (Å²) in [5.41, 5.74) is 8.46. The van der Waals surface area contributed by atoms with E-state index in [9.17, 15) is 4.39 Å². The normalized spacial score (nSPS) is 10.8. The Morgan fingerprint density at radius 1 is 1.10 bits per heavy atom. The molecular formula is C15H9Br2FN2O. The van der Waals surface area contributed by atoms with E-state index in [1.54, 1.807) is 6.07 Å². The zero-order chi connectivity index (χ0) is 15.0. The van der Waals surface area contributed by atoms with Gasteiger partial charge in [-0.3, -0.25) is 0 Å². The second-order valence-corrected chi connectivity index (χ2v) is 6.17. The van der Waals surface area contributed by atoms with Crippen LogP contribution < -0.4 is 5.73 Å². The summed E-state index contributed by atoms with van der Waals surface area (Å²) in [6.45, 7) is 0. The molecule has 2 N–H and O–H groups in total. The average Bonchev–Trinajstić information content (AvgIpc) is 2.83. The van der Waals surface area contributed by atoms with E-state index in [1.807, 2.05) is 24.3 Å². The Balaban J connectivity index is 2.24. The molecule has 1 heterocycles. The van der Waals surface area contributed by atoms with E-state index < -0.39 is 0 Å². The maximum Gasteiger partial charge on any atom is 0.230 e. The minimum Gasteiger partial charge on any atom is -0.367 e. The van der Waals surface area contributed by atoms with Crippen molar-refractivity contribution >= 4 is 37.7 Å². The number of anilines is 1. The molecule has 0 saturated heterocycles. The third kappa shape index (κ3) is 2.73. The molecule has 0 saturated carbocycles. The Kier molecular flexibility index (Phi) is 3.82. The molecule has 0 fully saturated rings. The second-order valence-electron chi connectivity index (χ2n) is 4.40. The predicted molar refractivity (Wildman–Crippen MR) is 87.1 cm³/mol. The van der Waals surface area contributed by atoms with Crippen molar-refractivity contribution in [2.45, 2.75) is 0 Å². The molecule has 6 heteroatoms. The van der Waals surface area contributed by atoms with E-state index in [2.05, 4.69) is 37.0 Å². The van der Waals surface area contributed by atoms with Gasteiger partial charge in [0.2, 0.25) is 5.88 Å². The maximum atomic E-state index is 13.5. The third-order valence-corrected chi connectivity index (χ3v) is 4.20. The number of hydrogen-bond donors (Lipinski definition) is 1. The SMILES string of the molecule is Nc1onc(-c2cc(F)ccc2Br)c1-c1cccc(Br)c1. The van der Waals surface area contributed by atoms with E-state index in [4.69, 9.17) is 10.3 Å². The first kappa shape index (κ1) is 14.3. The van der Waals surface area contributed by atoms with Gasteiger partial charge in [0.05, 0.1) is 5.56 Å². The average molecular weight is 412 g/mol. The van der Waals surface area contributed by atoms with Gasteiger partial charge in [0.25, 0.3) is 0 Å². The zero-order valence-electron chi connectivity index (χ0n) is 10.6. The highest BCUT2D eigenvalue weighted by Crippen LogP contribution is 2.39. The lowest BCUT2D eigenvalue weighted by molar-refractivity contribution is 0.439. The van der Waals surface area contributed by atoms with Crippen LogP contribution in [0.3, 0.4) is 0 Å². The van der Waals surface area contributed by atoms with Crippen LogP contribution in [0.2, 0.25) is 0 Å². The van der Waals surface area contributed by atoms with Gasteiger partial charge in [-0.15, -0.1) is 0 Å². The number of nitrogens with two attached hydrogens (primary N) is 1. The summed E-state index contributed by atoms with van der Waals surface area (Å²) in [6, 6.07) is 12.0. The van der Waals surface area contributed by atoms with Gasteiger partial charge in [-0.05, 0) is 35.9 Å². The van der Waals surface area contributed by atoms with Crippen LogP contribution >= 0.6 is 31.9 Å². The van der Waals surface area contributed by atoms with Gasteiger partial charge >= 0.3 is 0 Å². The molecule has 0 bridgehead atoms. The Bertz CT molecular complexity index is 817. The molecule has 0 radical (unpaired) electrons. The fourth-order valence-electron chi connectivity index (χ4n) is 2.09. The first-order valence-corrected chi connectivity index (χ1v) is 7.61. The number of halogens is 3. The number of nitrogen functional groups attached to an aromatic ring is 1. The van der Waals surface area contributed by atoms with Gasteiger partial charge in [-0.2, -0.15) is 0 Å². The maximum absolute atomic E-state index is 13.5. The van der Waals surface area contributed by atoms with Crippen LogP contribution in [0.1, 0.15) is 0 Å². The van der Waals surface area contributed by atoms with Crippen LogP contribution in [0.25, 0.3) is 22.4 Å². The first-order chi connectivity index (χ1) is 10.1. The smallest absolute Gasteiger partial charge is 0.230 e. The highest BCUT2D eigenvalue weighted by Gasteiger charge is 2.19. The van der Waals surface area contributed by atoms with Crippen molar-refractivity contribution in [1.82, 2.24) is 5.16 Å². The number of rotatable bonds is 2. The van der Waals surface area contributed by atoms with Crippen molar-refractivity contribution in [3.63, 3.8) is 0 Å². The molecule has 0 atom stereocenters. The summed E-state index contributed by atoms with van der Waals surface area (Å²) in [7, 11) is 0. The highest BCUT2D eigenvalue weighted by molar-refractivity contribution is 9.10. The van der Waals surface area contributed by atoms with Crippen molar-refractivity contribution < 1.29 is 8.91 Å². The van der Waals surface area contributed by atoms with Crippen molar-refractivity contribution in [3.8, 4) is 22.4 Å². The Morgan fingerprint density at radius 3 is 2.67 bits per heavy atom. The molecule has 0 aliphatic rings. The van der Waals surface area contributed by atoms with Gasteiger partial charge in [-0.1, -0.05) is 49.1 Å². The lowest BCUT2D eigenvalue weighted by atomic mass is 10.0. The van der Waals surface area contributed by atoms with Crippen LogP contribution in [-0.2, 0) is 0 Å². The fourth-order valence-corrected chi connectivity index (χ4v) is 2.92. The predicted octanol–water partition coefficient (Wildman–Crippen LogP) is 5.25. The number of hydrogen-bond acceptors (Lipinski definition) is 3. The molecule has 0 amide bonds. The molecule has 0 aliphatic heterocycles. The van der Waals surface area contributed by atoms with Crippen LogP contribution in [0.5, 0.6) is 0 Å². The number of nitrogens with zero attached hydrogens (tertiary/aromatic N) is 1. The minimum absolute atomic E-state index is 0.194. The standard InChI is InChI=1S/C15H9Br2FN2O/c16-9-3-1-2-8(6-9)13-14(20-21-15(13)19)11-7-10(18)4-5-12(11)17/h1-7H,19H2. The third-order valence-electron chi connectivity index (χ3n) is 3.02. The van der Waals surface area contributed by atoms with E-state index in [0.717, 1.165) is 10.0 Å². The van der Waals surface area contributed by atoms with Crippen molar-refractivity contribution in [2.75, 3.05) is 5.73 Å². The molecule has 3 rings (SSSR count). The van der Waals surface area contributed by atoms with E-state index in [-0.39, 0.29) is 11.7 Å². The Labute approximate surface area is 137 Å². The molecule has 0 unspecified atom stereocenters. The number of aromatic nitrogens is 1. The van der Waals surface area contributed by atoms with Crippen molar-refractivity contribution in [1.29, 1.82) is 0 Å². The quantitative estimate of drug-likeness (QED) is 0.626. The summed E-state index contributed by atoms with van der Waals surface area (Å²) < 4.78 is 20.3. The highest BCUT2D eigenvalue weighted by atomic mass is 79.9.